The Balaban J connectivity index is 1.32. The molecule has 1 unspecified atom stereocenters. The zero-order valence-electron chi connectivity index (χ0n) is 19.8. The van der Waals surface area contributed by atoms with Crippen LogP contribution in [0.4, 0.5) is 11.4 Å². The highest BCUT2D eigenvalue weighted by Gasteiger charge is 2.51. The molecular formula is C29H30N4O2. The molecule has 0 bridgehead atoms. The zero-order chi connectivity index (χ0) is 24.4. The number of para-hydroxylation sites is 1. The van der Waals surface area contributed by atoms with Gasteiger partial charge in [0, 0.05) is 13.1 Å². The number of benzene rings is 3. The molecule has 0 radical (unpaired) electrons. The molecule has 0 aromatic heterocycles. The van der Waals surface area contributed by atoms with Crippen LogP contribution in [0.5, 0.6) is 0 Å². The topological polar surface area (TPSA) is 97.2 Å². The Labute approximate surface area is 206 Å². The summed E-state index contributed by atoms with van der Waals surface area (Å²) in [7, 11) is 0. The third-order valence-corrected chi connectivity index (χ3v) is 7.42. The Morgan fingerprint density at radius 1 is 1.09 bits per heavy atom. The zero-order valence-corrected chi connectivity index (χ0v) is 19.8. The Morgan fingerprint density at radius 2 is 1.83 bits per heavy atom. The lowest BCUT2D eigenvalue weighted by Crippen LogP contribution is -2.45. The average molecular weight is 467 g/mol. The molecule has 6 nitrogen and oxygen atoms in total. The standard InChI is InChI=1S/C29H30N4O2/c1-19(20-10-12-23(13-11-20)29(14-15-29)28(34)35)17-32-26(21-6-3-2-4-7-21)25-18-31-24-9-5-8-22(16-30)27(24)33-25/h2-13,19,25-26,31-33H,14-15,17-18H2,1H3,(H,34,35)/t19?,25-,26-/m1/s1. The van der Waals surface area contributed by atoms with E-state index < -0.39 is 11.4 Å². The van der Waals surface area contributed by atoms with Gasteiger partial charge in [0.25, 0.3) is 0 Å². The van der Waals surface area contributed by atoms with Crippen LogP contribution in [0.15, 0.2) is 72.8 Å². The number of nitrogens with one attached hydrogen (secondary N) is 3. The second-order valence-electron chi connectivity index (χ2n) is 9.68. The van der Waals surface area contributed by atoms with E-state index in [1.165, 1.54) is 11.1 Å². The summed E-state index contributed by atoms with van der Waals surface area (Å²) in [4.78, 5) is 11.6. The average Bonchev–Trinajstić information content (AvgIpc) is 3.71. The van der Waals surface area contributed by atoms with Gasteiger partial charge in [0.15, 0.2) is 0 Å². The first-order valence-electron chi connectivity index (χ1n) is 12.2. The number of carboxylic acid groups (broad SMARTS) is 1. The molecule has 1 aliphatic carbocycles. The van der Waals surface area contributed by atoms with Gasteiger partial charge in [0.2, 0.25) is 0 Å². The van der Waals surface area contributed by atoms with Crippen LogP contribution < -0.4 is 16.0 Å². The minimum atomic E-state index is -0.722. The summed E-state index contributed by atoms with van der Waals surface area (Å²) < 4.78 is 0. The molecule has 2 aliphatic rings. The molecule has 0 amide bonds. The van der Waals surface area contributed by atoms with Crippen LogP contribution in [-0.2, 0) is 10.2 Å². The molecule has 5 rings (SSSR count). The van der Waals surface area contributed by atoms with Gasteiger partial charge in [-0.3, -0.25) is 4.79 Å². The predicted octanol–water partition coefficient (Wildman–Crippen LogP) is 5.02. The van der Waals surface area contributed by atoms with Crippen molar-refractivity contribution in [2.45, 2.75) is 43.2 Å². The fourth-order valence-electron chi connectivity index (χ4n) is 5.06. The van der Waals surface area contributed by atoms with E-state index in [1.54, 1.807) is 0 Å². The molecule has 4 N–H and O–H groups in total. The Bertz CT molecular complexity index is 1250. The van der Waals surface area contributed by atoms with Gasteiger partial charge in [-0.2, -0.15) is 5.26 Å². The number of nitrogens with zero attached hydrogens (tertiary/aromatic N) is 1. The van der Waals surface area contributed by atoms with Crippen molar-refractivity contribution < 1.29 is 9.90 Å². The summed E-state index contributed by atoms with van der Waals surface area (Å²) in [6.07, 6.45) is 1.44. The Hall–Kier alpha value is -3.82. The smallest absolute Gasteiger partial charge is 0.314 e. The summed E-state index contributed by atoms with van der Waals surface area (Å²) in [6.45, 7) is 3.67. The van der Waals surface area contributed by atoms with Crippen LogP contribution in [-0.4, -0.2) is 30.2 Å². The van der Waals surface area contributed by atoms with E-state index >= 15 is 0 Å². The van der Waals surface area contributed by atoms with E-state index in [9.17, 15) is 15.2 Å². The molecule has 1 heterocycles. The van der Waals surface area contributed by atoms with Crippen molar-refractivity contribution in [3.63, 3.8) is 0 Å². The molecule has 35 heavy (non-hydrogen) atoms. The largest absolute Gasteiger partial charge is 0.481 e. The van der Waals surface area contributed by atoms with E-state index in [0.29, 0.717) is 5.56 Å². The van der Waals surface area contributed by atoms with Crippen molar-refractivity contribution in [1.29, 1.82) is 5.26 Å². The van der Waals surface area contributed by atoms with Crippen LogP contribution in [0.2, 0.25) is 0 Å². The van der Waals surface area contributed by atoms with Gasteiger partial charge in [0.1, 0.15) is 6.07 Å². The number of rotatable bonds is 8. The summed E-state index contributed by atoms with van der Waals surface area (Å²) >= 11 is 0. The van der Waals surface area contributed by atoms with E-state index in [1.807, 2.05) is 48.5 Å². The molecule has 0 saturated heterocycles. The van der Waals surface area contributed by atoms with E-state index in [4.69, 9.17) is 0 Å². The van der Waals surface area contributed by atoms with Gasteiger partial charge in [-0.1, -0.05) is 67.6 Å². The third kappa shape index (κ3) is 4.48. The highest BCUT2D eigenvalue weighted by molar-refractivity contribution is 5.84. The first-order chi connectivity index (χ1) is 17.0. The number of aliphatic carboxylic acids is 1. The third-order valence-electron chi connectivity index (χ3n) is 7.42. The first-order valence-corrected chi connectivity index (χ1v) is 12.2. The SMILES string of the molecule is CC(CN[C@H](c1ccccc1)[C@H]1CNc2cccc(C#N)c2N1)c1ccc(C2(C(=O)O)CC2)cc1. The predicted molar refractivity (Wildman–Crippen MR) is 138 cm³/mol. The van der Waals surface area contributed by atoms with Gasteiger partial charge in [-0.15, -0.1) is 0 Å². The summed E-state index contributed by atoms with van der Waals surface area (Å²) in [5.41, 5.74) is 5.04. The number of hydrogen-bond acceptors (Lipinski definition) is 5. The molecule has 6 heteroatoms. The maximum atomic E-state index is 11.6. The lowest BCUT2D eigenvalue weighted by Gasteiger charge is -2.36. The monoisotopic (exact) mass is 466 g/mol. The van der Waals surface area contributed by atoms with E-state index in [2.05, 4.69) is 53.2 Å². The van der Waals surface area contributed by atoms with Gasteiger partial charge in [-0.25, -0.2) is 0 Å². The fourth-order valence-corrected chi connectivity index (χ4v) is 5.06. The summed E-state index contributed by atoms with van der Waals surface area (Å²) in [5, 5.41) is 30.0. The first kappa shape index (κ1) is 22.9. The molecule has 1 saturated carbocycles. The van der Waals surface area contributed by atoms with Crippen molar-refractivity contribution in [1.82, 2.24) is 5.32 Å². The van der Waals surface area contributed by atoms with Crippen molar-refractivity contribution >= 4 is 17.3 Å². The van der Waals surface area contributed by atoms with Crippen LogP contribution >= 0.6 is 0 Å². The van der Waals surface area contributed by atoms with Gasteiger partial charge in [0.05, 0.1) is 34.4 Å². The quantitative estimate of drug-likeness (QED) is 0.372. The van der Waals surface area contributed by atoms with Crippen molar-refractivity contribution in [3.8, 4) is 6.07 Å². The van der Waals surface area contributed by atoms with Crippen LogP contribution in [0, 0.1) is 11.3 Å². The lowest BCUT2D eigenvalue weighted by atomic mass is 9.91. The molecule has 0 spiro atoms. The molecule has 178 valence electrons. The molecule has 3 aromatic carbocycles. The number of carboxylic acids is 1. The number of nitriles is 1. The Kier molecular flexibility index (Phi) is 6.19. The number of fused-ring (bicyclic) bond motifs is 1. The molecule has 1 aliphatic heterocycles. The normalized spacial score (nSPS) is 19.3. The second kappa shape index (κ2) is 9.44. The molecule has 1 fully saturated rings. The van der Waals surface area contributed by atoms with Crippen LogP contribution in [0.3, 0.4) is 0 Å². The van der Waals surface area contributed by atoms with Crippen molar-refractivity contribution in [2.75, 3.05) is 23.7 Å². The molecule has 3 aromatic rings. The fraction of sp³-hybridized carbons (Fsp3) is 0.310. The van der Waals surface area contributed by atoms with Crippen LogP contribution in [0.25, 0.3) is 0 Å². The second-order valence-corrected chi connectivity index (χ2v) is 9.68. The highest BCUT2D eigenvalue weighted by Crippen LogP contribution is 2.48. The summed E-state index contributed by atoms with van der Waals surface area (Å²) in [6, 6.07) is 26.6. The Morgan fingerprint density at radius 3 is 2.49 bits per heavy atom. The van der Waals surface area contributed by atoms with E-state index in [0.717, 1.165) is 42.9 Å². The van der Waals surface area contributed by atoms with Gasteiger partial charge in [-0.05, 0) is 47.6 Å². The van der Waals surface area contributed by atoms with Crippen molar-refractivity contribution in [2.24, 2.45) is 0 Å². The summed E-state index contributed by atoms with van der Waals surface area (Å²) in [5.74, 6) is -0.478. The molecular weight excluding hydrogens is 436 g/mol. The number of hydrogen-bond donors (Lipinski definition) is 4. The maximum absolute atomic E-state index is 11.6. The lowest BCUT2D eigenvalue weighted by molar-refractivity contribution is -0.140. The van der Waals surface area contributed by atoms with Crippen molar-refractivity contribution in [3.05, 3.63) is 95.1 Å². The van der Waals surface area contributed by atoms with Gasteiger partial charge < -0.3 is 21.1 Å². The minimum Gasteiger partial charge on any atom is -0.481 e. The highest BCUT2D eigenvalue weighted by atomic mass is 16.4. The van der Waals surface area contributed by atoms with E-state index in [-0.39, 0.29) is 18.0 Å². The number of carbonyl (C=O) groups is 1. The van der Waals surface area contributed by atoms with Crippen LogP contribution in [0.1, 0.15) is 54.0 Å². The number of anilines is 2. The minimum absolute atomic E-state index is 0.0343. The maximum Gasteiger partial charge on any atom is 0.314 e. The molecule has 3 atom stereocenters. The van der Waals surface area contributed by atoms with Gasteiger partial charge >= 0.3 is 5.97 Å².